The highest BCUT2D eigenvalue weighted by Gasteiger charge is 2.08. The van der Waals surface area contributed by atoms with Gasteiger partial charge in [-0.05, 0) is 37.6 Å². The molecule has 0 aliphatic rings. The quantitative estimate of drug-likeness (QED) is 0.866. The van der Waals surface area contributed by atoms with Gasteiger partial charge in [-0.15, -0.1) is 0 Å². The summed E-state index contributed by atoms with van der Waals surface area (Å²) < 4.78 is 0. The van der Waals surface area contributed by atoms with Crippen molar-refractivity contribution in [3.8, 4) is 0 Å². The number of hydrogen-bond acceptors (Lipinski definition) is 4. The van der Waals surface area contributed by atoms with Gasteiger partial charge in [0.15, 0.2) is 0 Å². The van der Waals surface area contributed by atoms with Gasteiger partial charge in [-0.3, -0.25) is 0 Å². The molecule has 0 saturated carbocycles. The van der Waals surface area contributed by atoms with Crippen molar-refractivity contribution in [2.45, 2.75) is 13.8 Å². The highest BCUT2D eigenvalue weighted by atomic mass is 16.4. The van der Waals surface area contributed by atoms with Crippen LogP contribution >= 0.6 is 0 Å². The summed E-state index contributed by atoms with van der Waals surface area (Å²) in [7, 11) is 0. The van der Waals surface area contributed by atoms with E-state index in [1.807, 2.05) is 6.92 Å². The highest BCUT2D eigenvalue weighted by molar-refractivity contribution is 5.90. The normalized spacial score (nSPS) is 10.1. The molecule has 1 aromatic carbocycles. The number of nitrogens with one attached hydrogen (secondary N) is 1. The van der Waals surface area contributed by atoms with Crippen LogP contribution < -0.4 is 5.32 Å². The third-order valence-corrected chi connectivity index (χ3v) is 2.52. The summed E-state index contributed by atoms with van der Waals surface area (Å²) >= 11 is 0. The van der Waals surface area contributed by atoms with Crippen LogP contribution in [0.5, 0.6) is 0 Å². The molecule has 5 heteroatoms. The molecular weight excluding hydrogens is 230 g/mol. The van der Waals surface area contributed by atoms with Gasteiger partial charge < -0.3 is 10.4 Å². The zero-order valence-corrected chi connectivity index (χ0v) is 10.1. The molecule has 0 saturated heterocycles. The van der Waals surface area contributed by atoms with Crippen LogP contribution in [0.2, 0.25) is 0 Å². The number of carboxylic acid groups (broad SMARTS) is 1. The van der Waals surface area contributed by atoms with Crippen molar-refractivity contribution in [1.82, 2.24) is 9.97 Å². The molecule has 0 aliphatic carbocycles. The minimum Gasteiger partial charge on any atom is -0.478 e. The average molecular weight is 243 g/mol. The number of anilines is 2. The maximum atomic E-state index is 11.0. The molecule has 92 valence electrons. The molecule has 18 heavy (non-hydrogen) atoms. The SMILES string of the molecule is Cc1ccnc(Nc2ccc(C)c(C(=O)O)c2)n1. The second-order valence-electron chi connectivity index (χ2n) is 3.98. The van der Waals surface area contributed by atoms with Gasteiger partial charge in [0.1, 0.15) is 0 Å². The number of carbonyl (C=O) groups is 1. The van der Waals surface area contributed by atoms with Crippen molar-refractivity contribution in [3.05, 3.63) is 47.3 Å². The minimum absolute atomic E-state index is 0.271. The standard InChI is InChI=1S/C13H13N3O2/c1-8-3-4-10(7-11(8)12(17)18)16-13-14-6-5-9(2)15-13/h3-7H,1-2H3,(H,17,18)(H,14,15,16). The zero-order valence-electron chi connectivity index (χ0n) is 10.1. The number of aryl methyl sites for hydroxylation is 2. The fourth-order valence-corrected chi connectivity index (χ4v) is 1.57. The van der Waals surface area contributed by atoms with E-state index in [4.69, 9.17) is 5.11 Å². The third kappa shape index (κ3) is 2.63. The Labute approximate surface area is 105 Å². The molecule has 2 rings (SSSR count). The first-order valence-electron chi connectivity index (χ1n) is 5.47. The second-order valence-corrected chi connectivity index (χ2v) is 3.98. The number of nitrogens with zero attached hydrogens (tertiary/aromatic N) is 2. The number of hydrogen-bond donors (Lipinski definition) is 2. The van der Waals surface area contributed by atoms with Gasteiger partial charge in [0.2, 0.25) is 5.95 Å². The first-order chi connectivity index (χ1) is 8.56. The Kier molecular flexibility index (Phi) is 3.23. The van der Waals surface area contributed by atoms with E-state index in [2.05, 4.69) is 15.3 Å². The molecule has 5 nitrogen and oxygen atoms in total. The van der Waals surface area contributed by atoms with Crippen LogP contribution in [-0.2, 0) is 0 Å². The van der Waals surface area contributed by atoms with E-state index in [-0.39, 0.29) is 5.56 Å². The van der Waals surface area contributed by atoms with Gasteiger partial charge in [0.25, 0.3) is 0 Å². The maximum absolute atomic E-state index is 11.0. The Morgan fingerprint density at radius 2 is 2.06 bits per heavy atom. The molecule has 0 fully saturated rings. The van der Waals surface area contributed by atoms with Crippen LogP contribution in [0.1, 0.15) is 21.6 Å². The van der Waals surface area contributed by atoms with Crippen molar-refractivity contribution in [2.75, 3.05) is 5.32 Å². The minimum atomic E-state index is -0.943. The molecule has 2 aromatic rings. The molecule has 1 heterocycles. The smallest absolute Gasteiger partial charge is 0.336 e. The van der Waals surface area contributed by atoms with Crippen LogP contribution in [0, 0.1) is 13.8 Å². The Hall–Kier alpha value is -2.43. The molecule has 0 amide bonds. The lowest BCUT2D eigenvalue weighted by Crippen LogP contribution is -2.02. The predicted molar refractivity (Wildman–Crippen MR) is 68.2 cm³/mol. The van der Waals surface area contributed by atoms with Gasteiger partial charge in [0, 0.05) is 17.6 Å². The van der Waals surface area contributed by atoms with Gasteiger partial charge in [-0.1, -0.05) is 6.07 Å². The monoisotopic (exact) mass is 243 g/mol. The van der Waals surface area contributed by atoms with Gasteiger partial charge in [-0.25, -0.2) is 14.8 Å². The van der Waals surface area contributed by atoms with Crippen molar-refractivity contribution >= 4 is 17.6 Å². The fraction of sp³-hybridized carbons (Fsp3) is 0.154. The zero-order chi connectivity index (χ0) is 13.1. The molecular formula is C13H13N3O2. The van der Waals surface area contributed by atoms with Crippen LogP contribution in [-0.4, -0.2) is 21.0 Å². The van der Waals surface area contributed by atoms with Gasteiger partial charge in [0.05, 0.1) is 5.56 Å². The first-order valence-corrected chi connectivity index (χ1v) is 5.47. The van der Waals surface area contributed by atoms with Gasteiger partial charge >= 0.3 is 5.97 Å². The summed E-state index contributed by atoms with van der Waals surface area (Å²) in [6.45, 7) is 3.63. The van der Waals surface area contributed by atoms with Crippen LogP contribution in [0.15, 0.2) is 30.5 Å². The van der Waals surface area contributed by atoms with E-state index in [9.17, 15) is 4.79 Å². The lowest BCUT2D eigenvalue weighted by Gasteiger charge is -2.07. The van der Waals surface area contributed by atoms with Crippen LogP contribution in [0.25, 0.3) is 0 Å². The van der Waals surface area contributed by atoms with E-state index in [1.165, 1.54) is 0 Å². The molecule has 0 unspecified atom stereocenters. The Morgan fingerprint density at radius 1 is 1.28 bits per heavy atom. The summed E-state index contributed by atoms with van der Waals surface area (Å²) in [5, 5.41) is 12.0. The van der Waals surface area contributed by atoms with Crippen LogP contribution in [0.4, 0.5) is 11.6 Å². The van der Waals surface area contributed by atoms with E-state index in [1.54, 1.807) is 37.4 Å². The van der Waals surface area contributed by atoms with Crippen molar-refractivity contribution < 1.29 is 9.90 Å². The van der Waals surface area contributed by atoms with E-state index >= 15 is 0 Å². The molecule has 0 aliphatic heterocycles. The number of benzene rings is 1. The highest BCUT2D eigenvalue weighted by Crippen LogP contribution is 2.18. The largest absolute Gasteiger partial charge is 0.478 e. The molecule has 0 atom stereocenters. The number of carboxylic acids is 1. The summed E-state index contributed by atoms with van der Waals surface area (Å²) in [6.07, 6.45) is 1.65. The third-order valence-electron chi connectivity index (χ3n) is 2.52. The van der Waals surface area contributed by atoms with Crippen molar-refractivity contribution in [3.63, 3.8) is 0 Å². The molecule has 1 aromatic heterocycles. The van der Waals surface area contributed by atoms with Crippen molar-refractivity contribution in [2.24, 2.45) is 0 Å². The summed E-state index contributed by atoms with van der Waals surface area (Å²) in [5.74, 6) is -0.489. The fourth-order valence-electron chi connectivity index (χ4n) is 1.57. The molecule has 0 spiro atoms. The van der Waals surface area contributed by atoms with E-state index in [0.717, 1.165) is 11.3 Å². The molecule has 0 radical (unpaired) electrons. The Bertz CT molecular complexity index is 597. The predicted octanol–water partition coefficient (Wildman–Crippen LogP) is 2.54. The maximum Gasteiger partial charge on any atom is 0.336 e. The van der Waals surface area contributed by atoms with Crippen molar-refractivity contribution in [1.29, 1.82) is 0 Å². The second kappa shape index (κ2) is 4.83. The number of aromatic carboxylic acids is 1. The number of aromatic nitrogens is 2. The summed E-state index contributed by atoms with van der Waals surface area (Å²) in [5.41, 5.74) is 2.49. The van der Waals surface area contributed by atoms with Crippen LogP contribution in [0.3, 0.4) is 0 Å². The molecule has 2 N–H and O–H groups in total. The van der Waals surface area contributed by atoms with E-state index in [0.29, 0.717) is 11.6 Å². The molecule has 0 bridgehead atoms. The van der Waals surface area contributed by atoms with Gasteiger partial charge in [-0.2, -0.15) is 0 Å². The summed E-state index contributed by atoms with van der Waals surface area (Å²) in [4.78, 5) is 19.3. The lowest BCUT2D eigenvalue weighted by molar-refractivity contribution is 0.0696. The summed E-state index contributed by atoms with van der Waals surface area (Å²) in [6, 6.07) is 6.92. The first kappa shape index (κ1) is 12.0. The lowest BCUT2D eigenvalue weighted by atomic mass is 10.1. The topological polar surface area (TPSA) is 75.1 Å². The average Bonchev–Trinajstić information content (AvgIpc) is 2.31. The Balaban J connectivity index is 2.30. The number of rotatable bonds is 3. The van der Waals surface area contributed by atoms with E-state index < -0.39 is 5.97 Å². The Morgan fingerprint density at radius 3 is 2.72 bits per heavy atom.